The monoisotopic (exact) mass is 314 g/mol. The van der Waals surface area contributed by atoms with Crippen molar-refractivity contribution in [1.29, 1.82) is 0 Å². The molecule has 0 unspecified atom stereocenters. The van der Waals surface area contributed by atoms with Crippen LogP contribution in [-0.4, -0.2) is 11.7 Å². The Bertz CT molecular complexity index is 668. The van der Waals surface area contributed by atoms with E-state index in [2.05, 4.69) is 25.2 Å². The van der Waals surface area contributed by atoms with Gasteiger partial charge >= 0.3 is 0 Å². The summed E-state index contributed by atoms with van der Waals surface area (Å²) in [5.41, 5.74) is 9.79. The molecule has 0 fully saturated rings. The van der Waals surface area contributed by atoms with Crippen LogP contribution in [0.1, 0.15) is 30.9 Å². The van der Waals surface area contributed by atoms with Crippen LogP contribution >= 0.6 is 11.8 Å². The number of nitrogens with one attached hydrogen (secondary N) is 1. The van der Waals surface area contributed by atoms with Crippen LogP contribution in [-0.2, 0) is 4.79 Å². The summed E-state index contributed by atoms with van der Waals surface area (Å²) in [6.07, 6.45) is 0. The van der Waals surface area contributed by atoms with Crippen molar-refractivity contribution in [3.05, 3.63) is 53.6 Å². The molecule has 3 nitrogen and oxygen atoms in total. The van der Waals surface area contributed by atoms with Crippen molar-refractivity contribution >= 4 is 29.0 Å². The molecule has 0 aliphatic heterocycles. The molecule has 0 atom stereocenters. The molecule has 0 spiro atoms. The first-order chi connectivity index (χ1) is 10.5. The minimum absolute atomic E-state index is 0.00977. The van der Waals surface area contributed by atoms with Crippen LogP contribution in [0.5, 0.6) is 0 Å². The third kappa shape index (κ3) is 4.04. The summed E-state index contributed by atoms with van der Waals surface area (Å²) >= 11 is 1.46. The Hall–Kier alpha value is -1.94. The lowest BCUT2D eigenvalue weighted by atomic mass is 9.98. The van der Waals surface area contributed by atoms with E-state index < -0.39 is 0 Å². The molecule has 3 N–H and O–H groups in total. The van der Waals surface area contributed by atoms with Crippen LogP contribution in [0.2, 0.25) is 0 Å². The summed E-state index contributed by atoms with van der Waals surface area (Å²) in [5, 5.41) is 3.05. The van der Waals surface area contributed by atoms with E-state index >= 15 is 0 Å². The Labute approximate surface area is 136 Å². The number of aryl methyl sites for hydroxylation is 1. The molecule has 2 aromatic rings. The first-order valence-electron chi connectivity index (χ1n) is 7.35. The smallest absolute Gasteiger partial charge is 0.234 e. The number of hydrogen-bond donors (Lipinski definition) is 2. The number of nitrogen functional groups attached to an aromatic ring is 1. The van der Waals surface area contributed by atoms with Gasteiger partial charge < -0.3 is 11.1 Å². The number of amides is 1. The third-order valence-electron chi connectivity index (χ3n) is 3.47. The zero-order chi connectivity index (χ0) is 16.1. The maximum Gasteiger partial charge on any atom is 0.234 e. The average Bonchev–Trinajstić information content (AvgIpc) is 2.48. The van der Waals surface area contributed by atoms with Crippen LogP contribution in [0.25, 0.3) is 0 Å². The third-order valence-corrected chi connectivity index (χ3v) is 4.56. The number of carbonyl (C=O) groups is 1. The second kappa shape index (κ2) is 7.36. The van der Waals surface area contributed by atoms with Gasteiger partial charge in [0.25, 0.3) is 0 Å². The first kappa shape index (κ1) is 16.4. The van der Waals surface area contributed by atoms with Gasteiger partial charge in [0.1, 0.15) is 0 Å². The molecular weight excluding hydrogens is 292 g/mol. The van der Waals surface area contributed by atoms with Gasteiger partial charge in [-0.3, -0.25) is 4.79 Å². The molecule has 0 aliphatic carbocycles. The molecule has 2 rings (SSSR count). The molecule has 4 heteroatoms. The van der Waals surface area contributed by atoms with E-state index in [0.29, 0.717) is 17.4 Å². The van der Waals surface area contributed by atoms with E-state index in [4.69, 9.17) is 5.73 Å². The maximum atomic E-state index is 12.3. The van der Waals surface area contributed by atoms with Crippen molar-refractivity contribution in [1.82, 2.24) is 0 Å². The van der Waals surface area contributed by atoms with Crippen molar-refractivity contribution in [2.75, 3.05) is 16.8 Å². The second-order valence-electron chi connectivity index (χ2n) is 5.57. The van der Waals surface area contributed by atoms with Crippen molar-refractivity contribution < 1.29 is 4.79 Å². The highest BCUT2D eigenvalue weighted by molar-refractivity contribution is 8.00. The van der Waals surface area contributed by atoms with Gasteiger partial charge in [-0.1, -0.05) is 44.2 Å². The van der Waals surface area contributed by atoms with Gasteiger partial charge in [-0.15, -0.1) is 11.8 Å². The van der Waals surface area contributed by atoms with Gasteiger partial charge in [0.2, 0.25) is 5.91 Å². The number of benzene rings is 2. The SMILES string of the molecule is Cc1cccc(C(C)C)c1NC(=O)CSc1ccccc1N. The molecule has 116 valence electrons. The van der Waals surface area contributed by atoms with Gasteiger partial charge in [-0.2, -0.15) is 0 Å². The van der Waals surface area contributed by atoms with Gasteiger partial charge in [-0.05, 0) is 36.1 Å². The highest BCUT2D eigenvalue weighted by atomic mass is 32.2. The summed E-state index contributed by atoms with van der Waals surface area (Å²) in [6.45, 7) is 6.28. The molecule has 0 aromatic heterocycles. The first-order valence-corrected chi connectivity index (χ1v) is 8.34. The minimum atomic E-state index is -0.00977. The molecule has 0 heterocycles. The summed E-state index contributed by atoms with van der Waals surface area (Å²) < 4.78 is 0. The topological polar surface area (TPSA) is 55.1 Å². The van der Waals surface area contributed by atoms with Gasteiger partial charge in [0.05, 0.1) is 5.75 Å². The number of thioether (sulfide) groups is 1. The molecule has 0 radical (unpaired) electrons. The lowest BCUT2D eigenvalue weighted by molar-refractivity contribution is -0.113. The van der Waals surface area contributed by atoms with E-state index in [9.17, 15) is 4.79 Å². The van der Waals surface area contributed by atoms with Crippen LogP contribution in [0.15, 0.2) is 47.4 Å². The predicted octanol–water partition coefficient (Wildman–Crippen LogP) is 4.43. The van der Waals surface area contributed by atoms with Crippen LogP contribution < -0.4 is 11.1 Å². The molecule has 22 heavy (non-hydrogen) atoms. The highest BCUT2D eigenvalue weighted by Crippen LogP contribution is 2.28. The van der Waals surface area contributed by atoms with Crippen molar-refractivity contribution in [2.24, 2.45) is 0 Å². The van der Waals surface area contributed by atoms with Crippen molar-refractivity contribution in [2.45, 2.75) is 31.6 Å². The maximum absolute atomic E-state index is 12.3. The van der Waals surface area contributed by atoms with Gasteiger partial charge in [0.15, 0.2) is 0 Å². The Balaban J connectivity index is 2.05. The van der Waals surface area contributed by atoms with E-state index in [1.54, 1.807) is 0 Å². The molecule has 0 aliphatic rings. The van der Waals surface area contributed by atoms with E-state index in [0.717, 1.165) is 21.7 Å². The summed E-state index contributed by atoms with van der Waals surface area (Å²) in [4.78, 5) is 13.2. The Morgan fingerprint density at radius 3 is 2.59 bits per heavy atom. The van der Waals surface area contributed by atoms with Gasteiger partial charge in [-0.25, -0.2) is 0 Å². The normalized spacial score (nSPS) is 10.7. The number of hydrogen-bond acceptors (Lipinski definition) is 3. The molecule has 0 saturated carbocycles. The van der Waals surface area contributed by atoms with Crippen LogP contribution in [0.4, 0.5) is 11.4 Å². The Morgan fingerprint density at radius 1 is 1.18 bits per heavy atom. The quantitative estimate of drug-likeness (QED) is 0.634. The van der Waals surface area contributed by atoms with Crippen molar-refractivity contribution in [3.63, 3.8) is 0 Å². The molecule has 0 saturated heterocycles. The fourth-order valence-corrected chi connectivity index (χ4v) is 3.04. The zero-order valence-corrected chi connectivity index (χ0v) is 14.0. The summed E-state index contributed by atoms with van der Waals surface area (Å²) in [7, 11) is 0. The lowest BCUT2D eigenvalue weighted by Gasteiger charge is -2.16. The standard InChI is InChI=1S/C18H22N2OS/c1-12(2)14-8-6-7-13(3)18(14)20-17(21)11-22-16-10-5-4-9-15(16)19/h4-10,12H,11,19H2,1-3H3,(H,20,21). The number of anilines is 2. The van der Waals surface area contributed by atoms with Crippen LogP contribution in [0, 0.1) is 6.92 Å². The Morgan fingerprint density at radius 2 is 1.91 bits per heavy atom. The predicted molar refractivity (Wildman–Crippen MR) is 95.5 cm³/mol. The number of nitrogens with two attached hydrogens (primary N) is 1. The summed E-state index contributed by atoms with van der Waals surface area (Å²) in [6, 6.07) is 13.7. The number of rotatable bonds is 5. The van der Waals surface area contributed by atoms with Gasteiger partial charge in [0, 0.05) is 16.3 Å². The van der Waals surface area contributed by atoms with Crippen molar-refractivity contribution in [3.8, 4) is 0 Å². The van der Waals surface area contributed by atoms with E-state index in [1.165, 1.54) is 11.8 Å². The fraction of sp³-hybridized carbons (Fsp3) is 0.278. The van der Waals surface area contributed by atoms with Crippen LogP contribution in [0.3, 0.4) is 0 Å². The summed E-state index contributed by atoms with van der Waals surface area (Å²) in [5.74, 6) is 0.706. The highest BCUT2D eigenvalue weighted by Gasteiger charge is 2.12. The number of carbonyl (C=O) groups excluding carboxylic acids is 1. The molecule has 1 amide bonds. The average molecular weight is 314 g/mol. The largest absolute Gasteiger partial charge is 0.398 e. The molecular formula is C18H22N2OS. The number of para-hydroxylation sites is 2. The van der Waals surface area contributed by atoms with E-state index in [1.807, 2.05) is 43.3 Å². The second-order valence-corrected chi connectivity index (χ2v) is 6.59. The minimum Gasteiger partial charge on any atom is -0.398 e. The molecule has 0 bridgehead atoms. The zero-order valence-electron chi connectivity index (χ0n) is 13.2. The lowest BCUT2D eigenvalue weighted by Crippen LogP contribution is -2.16. The van der Waals surface area contributed by atoms with E-state index in [-0.39, 0.29) is 5.91 Å². The fourth-order valence-electron chi connectivity index (χ4n) is 2.27. The molecule has 2 aromatic carbocycles. The Kier molecular flexibility index (Phi) is 5.50.